The summed E-state index contributed by atoms with van der Waals surface area (Å²) < 4.78 is 0. The van der Waals surface area contributed by atoms with Crippen LogP contribution < -0.4 is 10.6 Å². The summed E-state index contributed by atoms with van der Waals surface area (Å²) in [6.45, 7) is 2.10. The molecule has 1 heterocycles. The van der Waals surface area contributed by atoms with E-state index in [2.05, 4.69) is 65.2 Å². The van der Waals surface area contributed by atoms with Crippen LogP contribution in [0.5, 0.6) is 0 Å². The molecule has 1 unspecified atom stereocenters. The molecule has 0 radical (unpaired) electrons. The molecule has 0 amide bonds. The SMILES string of the molecule is c1ccc(CC2CNc3ccccc3C[NH2+]2)cc1. The summed E-state index contributed by atoms with van der Waals surface area (Å²) in [5, 5.41) is 6.01. The second kappa shape index (κ2) is 5.23. The zero-order valence-corrected chi connectivity index (χ0v) is 10.5. The number of anilines is 1. The van der Waals surface area contributed by atoms with Gasteiger partial charge in [-0.3, -0.25) is 0 Å². The summed E-state index contributed by atoms with van der Waals surface area (Å²) in [5.74, 6) is 0. The number of benzene rings is 2. The quantitative estimate of drug-likeness (QED) is 0.822. The van der Waals surface area contributed by atoms with Crippen LogP contribution >= 0.6 is 0 Å². The van der Waals surface area contributed by atoms with Crippen LogP contribution in [0.15, 0.2) is 54.6 Å². The molecule has 1 atom stereocenters. The van der Waals surface area contributed by atoms with Gasteiger partial charge in [0.2, 0.25) is 0 Å². The van der Waals surface area contributed by atoms with Crippen LogP contribution in [0.25, 0.3) is 0 Å². The molecule has 1 aliphatic rings. The van der Waals surface area contributed by atoms with Gasteiger partial charge >= 0.3 is 0 Å². The van der Waals surface area contributed by atoms with Crippen LogP contribution in [0.3, 0.4) is 0 Å². The lowest BCUT2D eigenvalue weighted by molar-refractivity contribution is -0.700. The van der Waals surface area contributed by atoms with E-state index in [1.807, 2.05) is 0 Å². The van der Waals surface area contributed by atoms with Crippen molar-refractivity contribution in [1.82, 2.24) is 0 Å². The number of fused-ring (bicyclic) bond motifs is 1. The fourth-order valence-corrected chi connectivity index (χ4v) is 2.56. The average molecular weight is 239 g/mol. The first kappa shape index (κ1) is 11.3. The van der Waals surface area contributed by atoms with Crippen molar-refractivity contribution in [1.29, 1.82) is 0 Å². The highest BCUT2D eigenvalue weighted by Gasteiger charge is 2.17. The van der Waals surface area contributed by atoms with E-state index >= 15 is 0 Å². The number of para-hydroxylation sites is 1. The third kappa shape index (κ3) is 2.54. The molecular formula is C16H19N2+. The third-order valence-corrected chi connectivity index (χ3v) is 3.58. The summed E-state index contributed by atoms with van der Waals surface area (Å²) in [5.41, 5.74) is 4.13. The number of nitrogens with two attached hydrogens (primary N) is 1. The highest BCUT2D eigenvalue weighted by atomic mass is 15.0. The molecule has 0 aromatic heterocycles. The standard InChI is InChI=1S/C16H18N2/c1-2-6-13(7-3-1)10-15-12-18-16-9-5-4-8-14(16)11-17-15/h1-9,15,17-18H,10-12H2/p+1. The van der Waals surface area contributed by atoms with Crippen molar-refractivity contribution < 1.29 is 5.32 Å². The van der Waals surface area contributed by atoms with E-state index in [1.165, 1.54) is 16.8 Å². The fourth-order valence-electron chi connectivity index (χ4n) is 2.56. The zero-order chi connectivity index (χ0) is 12.2. The van der Waals surface area contributed by atoms with E-state index in [4.69, 9.17) is 0 Å². The molecule has 2 aromatic carbocycles. The number of quaternary nitrogens is 1. The van der Waals surface area contributed by atoms with E-state index in [1.54, 1.807) is 0 Å². The van der Waals surface area contributed by atoms with Crippen LogP contribution in [0.4, 0.5) is 5.69 Å². The monoisotopic (exact) mass is 239 g/mol. The number of hydrogen-bond donors (Lipinski definition) is 2. The van der Waals surface area contributed by atoms with E-state index < -0.39 is 0 Å². The van der Waals surface area contributed by atoms with Crippen molar-refractivity contribution in [2.45, 2.75) is 19.0 Å². The molecule has 92 valence electrons. The topological polar surface area (TPSA) is 28.6 Å². The smallest absolute Gasteiger partial charge is 0.108 e. The van der Waals surface area contributed by atoms with Gasteiger partial charge in [-0.2, -0.15) is 0 Å². The van der Waals surface area contributed by atoms with Crippen LogP contribution in [-0.4, -0.2) is 12.6 Å². The first-order valence-corrected chi connectivity index (χ1v) is 6.61. The van der Waals surface area contributed by atoms with Gasteiger partial charge < -0.3 is 10.6 Å². The molecule has 2 nitrogen and oxygen atoms in total. The van der Waals surface area contributed by atoms with Gasteiger partial charge in [0, 0.05) is 17.7 Å². The van der Waals surface area contributed by atoms with Gasteiger partial charge in [0.15, 0.2) is 0 Å². The van der Waals surface area contributed by atoms with Gasteiger partial charge in [-0.1, -0.05) is 48.5 Å². The first-order chi connectivity index (χ1) is 8.92. The summed E-state index contributed by atoms with van der Waals surface area (Å²) >= 11 is 0. The lowest BCUT2D eigenvalue weighted by Gasteiger charge is -2.12. The normalized spacial score (nSPS) is 18.6. The second-order valence-corrected chi connectivity index (χ2v) is 4.93. The summed E-state index contributed by atoms with van der Waals surface area (Å²) in [6.07, 6.45) is 1.13. The lowest BCUT2D eigenvalue weighted by atomic mass is 10.1. The van der Waals surface area contributed by atoms with Crippen molar-refractivity contribution in [3.8, 4) is 0 Å². The highest BCUT2D eigenvalue weighted by molar-refractivity contribution is 5.51. The predicted molar refractivity (Wildman–Crippen MR) is 74.5 cm³/mol. The zero-order valence-electron chi connectivity index (χ0n) is 10.5. The Bertz CT molecular complexity index is 481. The largest absolute Gasteiger partial charge is 0.379 e. The van der Waals surface area contributed by atoms with Crippen LogP contribution in [-0.2, 0) is 13.0 Å². The molecule has 0 saturated carbocycles. The van der Waals surface area contributed by atoms with Crippen LogP contribution in [0.1, 0.15) is 11.1 Å². The minimum absolute atomic E-state index is 0.611. The number of hydrogen-bond acceptors (Lipinski definition) is 1. The first-order valence-electron chi connectivity index (χ1n) is 6.61. The third-order valence-electron chi connectivity index (χ3n) is 3.58. The maximum Gasteiger partial charge on any atom is 0.108 e. The molecule has 0 spiro atoms. The molecule has 2 heteroatoms. The van der Waals surface area contributed by atoms with Crippen molar-refractivity contribution in [2.75, 3.05) is 11.9 Å². The number of rotatable bonds is 2. The van der Waals surface area contributed by atoms with E-state index in [0.717, 1.165) is 19.5 Å². The van der Waals surface area contributed by atoms with Gasteiger partial charge in [0.05, 0.1) is 6.54 Å². The molecule has 0 bridgehead atoms. The minimum atomic E-state index is 0.611. The molecule has 3 rings (SSSR count). The molecule has 0 aliphatic carbocycles. The van der Waals surface area contributed by atoms with Gasteiger partial charge in [-0.15, -0.1) is 0 Å². The maximum absolute atomic E-state index is 3.56. The Hall–Kier alpha value is -1.80. The molecular weight excluding hydrogens is 220 g/mol. The van der Waals surface area contributed by atoms with Gasteiger partial charge in [0.25, 0.3) is 0 Å². The van der Waals surface area contributed by atoms with Crippen molar-refractivity contribution in [3.63, 3.8) is 0 Å². The molecule has 0 saturated heterocycles. The molecule has 3 N–H and O–H groups in total. The van der Waals surface area contributed by atoms with Crippen molar-refractivity contribution >= 4 is 5.69 Å². The van der Waals surface area contributed by atoms with E-state index in [9.17, 15) is 0 Å². The Balaban J connectivity index is 1.68. The predicted octanol–water partition coefficient (Wildman–Crippen LogP) is 1.79. The fraction of sp³-hybridized carbons (Fsp3) is 0.250. The van der Waals surface area contributed by atoms with Crippen LogP contribution in [0, 0.1) is 0 Å². The average Bonchev–Trinajstić information content (AvgIpc) is 2.63. The molecule has 18 heavy (non-hydrogen) atoms. The minimum Gasteiger partial charge on any atom is -0.379 e. The highest BCUT2D eigenvalue weighted by Crippen LogP contribution is 2.15. The van der Waals surface area contributed by atoms with E-state index in [-0.39, 0.29) is 0 Å². The Morgan fingerprint density at radius 2 is 1.78 bits per heavy atom. The Morgan fingerprint density at radius 1 is 1.00 bits per heavy atom. The summed E-state index contributed by atoms with van der Waals surface area (Å²) in [6, 6.07) is 20.0. The summed E-state index contributed by atoms with van der Waals surface area (Å²) in [7, 11) is 0. The van der Waals surface area contributed by atoms with Crippen LogP contribution in [0.2, 0.25) is 0 Å². The van der Waals surface area contributed by atoms with Gasteiger partial charge in [-0.05, 0) is 11.6 Å². The van der Waals surface area contributed by atoms with Gasteiger partial charge in [-0.25, -0.2) is 0 Å². The molecule has 1 aliphatic heterocycles. The maximum atomic E-state index is 3.56. The van der Waals surface area contributed by atoms with Gasteiger partial charge in [0.1, 0.15) is 12.6 Å². The van der Waals surface area contributed by atoms with Crippen molar-refractivity contribution in [2.24, 2.45) is 0 Å². The second-order valence-electron chi connectivity index (χ2n) is 4.93. The molecule has 0 fully saturated rings. The summed E-state index contributed by atoms with van der Waals surface area (Å²) in [4.78, 5) is 0. The van der Waals surface area contributed by atoms with E-state index in [0.29, 0.717) is 6.04 Å². The molecule has 2 aromatic rings. The Morgan fingerprint density at radius 3 is 2.67 bits per heavy atom. The lowest BCUT2D eigenvalue weighted by Crippen LogP contribution is -2.89. The number of nitrogens with one attached hydrogen (secondary N) is 1. The Labute approximate surface area is 108 Å². The Kier molecular flexibility index (Phi) is 3.29. The van der Waals surface area contributed by atoms with Crippen molar-refractivity contribution in [3.05, 3.63) is 65.7 Å².